The molecule has 0 aliphatic carbocycles. The number of hydrogen-bond acceptors (Lipinski definition) is 3. The first kappa shape index (κ1) is 14.4. The van der Waals surface area contributed by atoms with Crippen LogP contribution in [0.4, 0.5) is 5.69 Å². The molecule has 0 unspecified atom stereocenters. The molecule has 2 rings (SSSR count). The quantitative estimate of drug-likeness (QED) is 0.839. The van der Waals surface area contributed by atoms with Crippen molar-refractivity contribution in [3.63, 3.8) is 0 Å². The highest BCUT2D eigenvalue weighted by Crippen LogP contribution is 2.16. The standard InChI is InChI=1S/C16H23N3O/c1-4-13-11-15(19(5-2)18-13)12-17-14-7-9-16(10-8-14)20-6-3/h7-11,17H,4-6,12H2,1-3H3. The van der Waals surface area contributed by atoms with Crippen LogP contribution in [-0.4, -0.2) is 16.4 Å². The molecule has 0 aliphatic heterocycles. The summed E-state index contributed by atoms with van der Waals surface area (Å²) in [6.07, 6.45) is 0.975. The zero-order valence-corrected chi connectivity index (χ0v) is 12.5. The molecule has 108 valence electrons. The molecule has 2 aromatic rings. The van der Waals surface area contributed by atoms with Gasteiger partial charge in [-0.25, -0.2) is 0 Å². The summed E-state index contributed by atoms with van der Waals surface area (Å²) in [6, 6.07) is 10.2. The Morgan fingerprint density at radius 1 is 1.15 bits per heavy atom. The summed E-state index contributed by atoms with van der Waals surface area (Å²) in [5, 5.41) is 7.98. The molecule has 0 spiro atoms. The first-order valence-electron chi connectivity index (χ1n) is 7.29. The van der Waals surface area contributed by atoms with Gasteiger partial charge in [-0.15, -0.1) is 0 Å². The topological polar surface area (TPSA) is 39.1 Å². The largest absolute Gasteiger partial charge is 0.494 e. The average molecular weight is 273 g/mol. The molecule has 1 aromatic heterocycles. The minimum Gasteiger partial charge on any atom is -0.494 e. The molecule has 0 fully saturated rings. The number of hydrogen-bond donors (Lipinski definition) is 1. The van der Waals surface area contributed by atoms with Crippen molar-refractivity contribution < 1.29 is 4.74 Å². The zero-order valence-electron chi connectivity index (χ0n) is 12.5. The molecular formula is C16H23N3O. The van der Waals surface area contributed by atoms with Gasteiger partial charge >= 0.3 is 0 Å². The van der Waals surface area contributed by atoms with E-state index in [-0.39, 0.29) is 0 Å². The molecule has 4 nitrogen and oxygen atoms in total. The van der Waals surface area contributed by atoms with E-state index in [4.69, 9.17) is 4.74 Å². The fraction of sp³-hybridized carbons (Fsp3) is 0.438. The van der Waals surface area contributed by atoms with Crippen LogP contribution >= 0.6 is 0 Å². The second kappa shape index (κ2) is 6.98. The summed E-state index contributed by atoms with van der Waals surface area (Å²) < 4.78 is 7.49. The van der Waals surface area contributed by atoms with Gasteiger partial charge < -0.3 is 10.1 Å². The van der Waals surface area contributed by atoms with Crippen LogP contribution in [0.3, 0.4) is 0 Å². The normalized spacial score (nSPS) is 10.6. The van der Waals surface area contributed by atoms with E-state index in [1.54, 1.807) is 0 Å². The van der Waals surface area contributed by atoms with Gasteiger partial charge in [0.15, 0.2) is 0 Å². The fourth-order valence-corrected chi connectivity index (χ4v) is 2.13. The molecule has 0 saturated carbocycles. The van der Waals surface area contributed by atoms with Crippen molar-refractivity contribution in [2.45, 2.75) is 40.3 Å². The lowest BCUT2D eigenvalue weighted by Gasteiger charge is -2.09. The SMILES string of the molecule is CCOc1ccc(NCc2cc(CC)nn2CC)cc1. The molecule has 0 atom stereocenters. The average Bonchev–Trinajstić information content (AvgIpc) is 2.89. The summed E-state index contributed by atoms with van der Waals surface area (Å²) in [5.74, 6) is 0.907. The van der Waals surface area contributed by atoms with Crippen molar-refractivity contribution in [3.8, 4) is 5.75 Å². The summed E-state index contributed by atoms with van der Waals surface area (Å²) in [5.41, 5.74) is 3.46. The molecule has 0 amide bonds. The molecule has 4 heteroatoms. The second-order valence-electron chi connectivity index (χ2n) is 4.61. The van der Waals surface area contributed by atoms with Gasteiger partial charge in [-0.05, 0) is 50.6 Å². The summed E-state index contributed by atoms with van der Waals surface area (Å²) in [7, 11) is 0. The van der Waals surface area contributed by atoms with Crippen LogP contribution in [0.5, 0.6) is 5.75 Å². The van der Waals surface area contributed by atoms with E-state index in [1.165, 1.54) is 5.69 Å². The maximum absolute atomic E-state index is 5.44. The third-order valence-electron chi connectivity index (χ3n) is 3.21. The van der Waals surface area contributed by atoms with E-state index in [0.717, 1.165) is 36.6 Å². The van der Waals surface area contributed by atoms with Crippen LogP contribution in [-0.2, 0) is 19.5 Å². The van der Waals surface area contributed by atoms with Gasteiger partial charge in [0.05, 0.1) is 24.5 Å². The van der Waals surface area contributed by atoms with Gasteiger partial charge in [-0.2, -0.15) is 5.10 Å². The Morgan fingerprint density at radius 3 is 2.50 bits per heavy atom. The summed E-state index contributed by atoms with van der Waals surface area (Å²) in [4.78, 5) is 0. The Hall–Kier alpha value is -1.97. The van der Waals surface area contributed by atoms with E-state index in [2.05, 4.69) is 35.0 Å². The van der Waals surface area contributed by atoms with Crippen LogP contribution in [0.15, 0.2) is 30.3 Å². The number of ether oxygens (including phenoxy) is 1. The minimum atomic E-state index is 0.697. The zero-order chi connectivity index (χ0) is 14.4. The van der Waals surface area contributed by atoms with Crippen LogP contribution in [0.2, 0.25) is 0 Å². The van der Waals surface area contributed by atoms with E-state index < -0.39 is 0 Å². The van der Waals surface area contributed by atoms with Crippen LogP contribution in [0.1, 0.15) is 32.2 Å². The predicted octanol–water partition coefficient (Wildman–Crippen LogP) is 3.48. The lowest BCUT2D eigenvalue weighted by atomic mass is 10.2. The summed E-state index contributed by atoms with van der Waals surface area (Å²) >= 11 is 0. The third-order valence-corrected chi connectivity index (χ3v) is 3.21. The number of nitrogens with zero attached hydrogens (tertiary/aromatic N) is 2. The van der Waals surface area contributed by atoms with Crippen molar-refractivity contribution in [1.82, 2.24) is 9.78 Å². The van der Waals surface area contributed by atoms with E-state index >= 15 is 0 Å². The van der Waals surface area contributed by atoms with Crippen molar-refractivity contribution >= 4 is 5.69 Å². The third kappa shape index (κ3) is 3.53. The Bertz CT molecular complexity index is 531. The molecule has 0 radical (unpaired) electrons. The lowest BCUT2D eigenvalue weighted by molar-refractivity contribution is 0.340. The maximum Gasteiger partial charge on any atom is 0.119 e. The molecule has 0 bridgehead atoms. The van der Waals surface area contributed by atoms with Gasteiger partial charge in [0, 0.05) is 12.2 Å². The molecule has 0 saturated heterocycles. The fourth-order valence-electron chi connectivity index (χ4n) is 2.13. The molecule has 0 aliphatic rings. The van der Waals surface area contributed by atoms with Crippen molar-refractivity contribution in [2.24, 2.45) is 0 Å². The second-order valence-corrected chi connectivity index (χ2v) is 4.61. The highest BCUT2D eigenvalue weighted by atomic mass is 16.5. The Balaban J connectivity index is 1.99. The first-order chi connectivity index (χ1) is 9.76. The highest BCUT2D eigenvalue weighted by Gasteiger charge is 2.05. The monoisotopic (exact) mass is 273 g/mol. The smallest absolute Gasteiger partial charge is 0.119 e. The number of rotatable bonds is 7. The van der Waals surface area contributed by atoms with Gasteiger partial charge in [0.2, 0.25) is 0 Å². The van der Waals surface area contributed by atoms with Crippen LogP contribution in [0, 0.1) is 0 Å². The van der Waals surface area contributed by atoms with Gasteiger partial charge in [-0.3, -0.25) is 4.68 Å². The molecular weight excluding hydrogens is 250 g/mol. The van der Waals surface area contributed by atoms with Crippen molar-refractivity contribution in [2.75, 3.05) is 11.9 Å². The number of nitrogens with one attached hydrogen (secondary N) is 1. The Labute approximate surface area is 120 Å². The van der Waals surface area contributed by atoms with E-state index in [0.29, 0.717) is 6.61 Å². The van der Waals surface area contributed by atoms with Crippen LogP contribution < -0.4 is 10.1 Å². The minimum absolute atomic E-state index is 0.697. The van der Waals surface area contributed by atoms with E-state index in [9.17, 15) is 0 Å². The predicted molar refractivity (Wildman–Crippen MR) is 82.2 cm³/mol. The number of anilines is 1. The molecule has 1 aromatic carbocycles. The lowest BCUT2D eigenvalue weighted by Crippen LogP contribution is -2.07. The highest BCUT2D eigenvalue weighted by molar-refractivity contribution is 5.46. The van der Waals surface area contributed by atoms with Crippen LogP contribution in [0.25, 0.3) is 0 Å². The number of aryl methyl sites for hydroxylation is 2. The maximum atomic E-state index is 5.44. The number of benzene rings is 1. The number of aromatic nitrogens is 2. The van der Waals surface area contributed by atoms with Gasteiger partial charge in [0.25, 0.3) is 0 Å². The Morgan fingerprint density at radius 2 is 1.90 bits per heavy atom. The molecule has 1 heterocycles. The Kier molecular flexibility index (Phi) is 5.04. The first-order valence-corrected chi connectivity index (χ1v) is 7.29. The van der Waals surface area contributed by atoms with E-state index in [1.807, 2.05) is 31.2 Å². The summed E-state index contributed by atoms with van der Waals surface area (Å²) in [6.45, 7) is 8.62. The van der Waals surface area contributed by atoms with Crippen molar-refractivity contribution in [3.05, 3.63) is 41.7 Å². The van der Waals surface area contributed by atoms with Crippen molar-refractivity contribution in [1.29, 1.82) is 0 Å². The van der Waals surface area contributed by atoms with Gasteiger partial charge in [0.1, 0.15) is 5.75 Å². The molecule has 20 heavy (non-hydrogen) atoms. The van der Waals surface area contributed by atoms with Gasteiger partial charge in [-0.1, -0.05) is 6.92 Å². The molecule has 1 N–H and O–H groups in total.